The minimum absolute atomic E-state index is 0.158. The van der Waals surface area contributed by atoms with Gasteiger partial charge in [-0.3, -0.25) is 0 Å². The largest absolute Gasteiger partial charge is 0.310 e. The van der Waals surface area contributed by atoms with Gasteiger partial charge in [-0.2, -0.15) is 0 Å². The fourth-order valence-corrected chi connectivity index (χ4v) is 2.58. The second kappa shape index (κ2) is 7.76. The number of nitrogens with one attached hydrogen (secondary N) is 1. The normalized spacial score (nSPS) is 13.7. The first kappa shape index (κ1) is 17.1. The Labute approximate surface area is 122 Å². The van der Waals surface area contributed by atoms with E-state index in [-0.39, 0.29) is 10.9 Å². The van der Waals surface area contributed by atoms with Crippen LogP contribution in [-0.2, 0) is 10.0 Å². The van der Waals surface area contributed by atoms with Gasteiger partial charge in [-0.15, -0.1) is 0 Å². The number of primary sulfonamides is 1. The van der Waals surface area contributed by atoms with Crippen LogP contribution in [0.2, 0.25) is 0 Å². The summed E-state index contributed by atoms with van der Waals surface area (Å²) in [4.78, 5) is 0.158. The number of sulfonamides is 1. The summed E-state index contributed by atoms with van der Waals surface area (Å²) in [5.41, 5.74) is 1.07. The maximum Gasteiger partial charge on any atom is 0.238 e. The van der Waals surface area contributed by atoms with E-state index in [4.69, 9.17) is 5.14 Å². The van der Waals surface area contributed by atoms with Crippen LogP contribution in [0.5, 0.6) is 0 Å². The van der Waals surface area contributed by atoms with Crippen molar-refractivity contribution >= 4 is 10.0 Å². The van der Waals surface area contributed by atoms with Gasteiger partial charge in [-0.05, 0) is 43.5 Å². The first-order chi connectivity index (χ1) is 9.30. The zero-order valence-electron chi connectivity index (χ0n) is 12.6. The first-order valence-corrected chi connectivity index (χ1v) is 8.71. The second-order valence-corrected chi connectivity index (χ2v) is 7.24. The number of rotatable bonds is 8. The first-order valence-electron chi connectivity index (χ1n) is 7.17. The third kappa shape index (κ3) is 6.03. The molecule has 0 fully saturated rings. The second-order valence-electron chi connectivity index (χ2n) is 5.68. The number of hydrogen-bond acceptors (Lipinski definition) is 3. The highest BCUT2D eigenvalue weighted by Crippen LogP contribution is 2.15. The molecule has 1 aromatic carbocycles. The van der Waals surface area contributed by atoms with E-state index in [9.17, 15) is 8.42 Å². The van der Waals surface area contributed by atoms with E-state index in [0.717, 1.165) is 24.4 Å². The quantitative estimate of drug-likeness (QED) is 0.725. The highest BCUT2D eigenvalue weighted by atomic mass is 32.2. The molecule has 0 heterocycles. The van der Waals surface area contributed by atoms with Gasteiger partial charge in [0.1, 0.15) is 0 Å². The Morgan fingerprint density at radius 1 is 1.10 bits per heavy atom. The number of unbranched alkanes of at least 4 members (excludes halogenated alkanes) is 1. The average Bonchev–Trinajstić information content (AvgIpc) is 2.37. The molecule has 0 bridgehead atoms. The van der Waals surface area contributed by atoms with Crippen LogP contribution in [0.15, 0.2) is 29.2 Å². The molecule has 0 radical (unpaired) electrons. The molecule has 0 aromatic heterocycles. The van der Waals surface area contributed by atoms with Crippen LogP contribution in [0.25, 0.3) is 0 Å². The molecule has 0 amide bonds. The molecule has 0 aliphatic carbocycles. The fraction of sp³-hybridized carbons (Fsp3) is 0.600. The summed E-state index contributed by atoms with van der Waals surface area (Å²) in [7, 11) is -3.60. The fourth-order valence-electron chi connectivity index (χ4n) is 2.06. The van der Waals surface area contributed by atoms with E-state index in [1.165, 1.54) is 12.8 Å². The highest BCUT2D eigenvalue weighted by molar-refractivity contribution is 7.89. The van der Waals surface area contributed by atoms with E-state index in [2.05, 4.69) is 26.1 Å². The van der Waals surface area contributed by atoms with Crippen molar-refractivity contribution in [2.24, 2.45) is 11.1 Å². The van der Waals surface area contributed by atoms with Crippen molar-refractivity contribution in [3.05, 3.63) is 29.8 Å². The lowest BCUT2D eigenvalue weighted by Gasteiger charge is -2.15. The monoisotopic (exact) mass is 298 g/mol. The van der Waals surface area contributed by atoms with Gasteiger partial charge in [-0.1, -0.05) is 38.8 Å². The summed E-state index contributed by atoms with van der Waals surface area (Å²) in [6, 6.07) is 6.95. The van der Waals surface area contributed by atoms with E-state index < -0.39 is 10.0 Å². The molecular weight excluding hydrogens is 272 g/mol. The van der Waals surface area contributed by atoms with Crippen molar-refractivity contribution in [1.29, 1.82) is 0 Å². The van der Waals surface area contributed by atoms with Crippen LogP contribution >= 0.6 is 0 Å². The summed E-state index contributed by atoms with van der Waals surface area (Å²) < 4.78 is 22.4. The Balaban J connectivity index is 2.42. The maximum atomic E-state index is 11.2. The molecule has 0 saturated heterocycles. The van der Waals surface area contributed by atoms with Crippen molar-refractivity contribution in [1.82, 2.24) is 5.32 Å². The average molecular weight is 298 g/mol. The molecule has 0 spiro atoms. The third-order valence-corrected chi connectivity index (χ3v) is 4.30. The number of hydrogen-bond donors (Lipinski definition) is 2. The summed E-state index contributed by atoms with van der Waals surface area (Å²) in [6.45, 7) is 7.53. The molecule has 114 valence electrons. The Kier molecular flexibility index (Phi) is 6.65. The molecule has 1 atom stereocenters. The molecule has 5 heteroatoms. The molecule has 0 aliphatic rings. The van der Waals surface area contributed by atoms with Gasteiger partial charge in [0.25, 0.3) is 0 Å². The van der Waals surface area contributed by atoms with Gasteiger partial charge < -0.3 is 5.32 Å². The minimum atomic E-state index is -3.60. The van der Waals surface area contributed by atoms with Gasteiger partial charge >= 0.3 is 0 Å². The lowest BCUT2D eigenvalue weighted by Crippen LogP contribution is -2.20. The standard InChI is InChI=1S/C15H26N2O2S/c1-12(2)6-4-5-11-17-13(3)14-7-9-15(10-8-14)20(16,18)19/h7-10,12-13,17H,4-6,11H2,1-3H3,(H2,16,18,19). The molecule has 1 aromatic rings. The third-order valence-electron chi connectivity index (χ3n) is 3.37. The summed E-state index contributed by atoms with van der Waals surface area (Å²) in [5.74, 6) is 0.762. The predicted molar refractivity (Wildman–Crippen MR) is 82.9 cm³/mol. The van der Waals surface area contributed by atoms with E-state index >= 15 is 0 Å². The van der Waals surface area contributed by atoms with Crippen LogP contribution < -0.4 is 10.5 Å². The van der Waals surface area contributed by atoms with E-state index in [0.29, 0.717) is 0 Å². The molecule has 3 N–H and O–H groups in total. The van der Waals surface area contributed by atoms with Crippen LogP contribution in [-0.4, -0.2) is 15.0 Å². The number of nitrogens with two attached hydrogens (primary N) is 1. The summed E-state index contributed by atoms with van der Waals surface area (Å²) in [6.07, 6.45) is 3.67. The summed E-state index contributed by atoms with van der Waals surface area (Å²) in [5, 5.41) is 8.53. The molecule has 20 heavy (non-hydrogen) atoms. The van der Waals surface area contributed by atoms with Crippen LogP contribution in [0.1, 0.15) is 51.6 Å². The lowest BCUT2D eigenvalue weighted by atomic mass is 10.1. The molecule has 0 aliphatic heterocycles. The van der Waals surface area contributed by atoms with Gasteiger partial charge in [0.2, 0.25) is 10.0 Å². The van der Waals surface area contributed by atoms with E-state index in [1.54, 1.807) is 12.1 Å². The molecule has 4 nitrogen and oxygen atoms in total. The Morgan fingerprint density at radius 3 is 2.20 bits per heavy atom. The van der Waals surface area contributed by atoms with Crippen molar-refractivity contribution in [2.75, 3.05) is 6.54 Å². The van der Waals surface area contributed by atoms with Crippen molar-refractivity contribution < 1.29 is 8.42 Å². The van der Waals surface area contributed by atoms with Crippen molar-refractivity contribution in [3.8, 4) is 0 Å². The number of benzene rings is 1. The van der Waals surface area contributed by atoms with Crippen molar-refractivity contribution in [3.63, 3.8) is 0 Å². The molecule has 0 saturated carbocycles. The SMILES string of the molecule is CC(C)CCCCNC(C)c1ccc(S(N)(=O)=O)cc1. The Bertz CT molecular complexity index is 495. The van der Waals surface area contributed by atoms with Gasteiger partial charge in [-0.25, -0.2) is 13.6 Å². The molecular formula is C15H26N2O2S. The highest BCUT2D eigenvalue weighted by Gasteiger charge is 2.09. The van der Waals surface area contributed by atoms with Crippen LogP contribution in [0.4, 0.5) is 0 Å². The molecule has 1 rings (SSSR count). The van der Waals surface area contributed by atoms with Gasteiger partial charge in [0.05, 0.1) is 4.90 Å². The van der Waals surface area contributed by atoms with Gasteiger partial charge in [0, 0.05) is 6.04 Å². The zero-order valence-corrected chi connectivity index (χ0v) is 13.4. The topological polar surface area (TPSA) is 72.2 Å². The lowest BCUT2D eigenvalue weighted by molar-refractivity contribution is 0.498. The minimum Gasteiger partial charge on any atom is -0.310 e. The zero-order chi connectivity index (χ0) is 15.2. The smallest absolute Gasteiger partial charge is 0.238 e. The van der Waals surface area contributed by atoms with Gasteiger partial charge in [0.15, 0.2) is 0 Å². The predicted octanol–water partition coefficient (Wildman–Crippen LogP) is 2.81. The summed E-state index contributed by atoms with van der Waals surface area (Å²) >= 11 is 0. The maximum absolute atomic E-state index is 11.2. The Morgan fingerprint density at radius 2 is 1.70 bits per heavy atom. The Hall–Kier alpha value is -0.910. The van der Waals surface area contributed by atoms with Crippen molar-refractivity contribution in [2.45, 2.75) is 51.0 Å². The van der Waals surface area contributed by atoms with Crippen LogP contribution in [0, 0.1) is 5.92 Å². The van der Waals surface area contributed by atoms with Crippen LogP contribution in [0.3, 0.4) is 0 Å². The molecule has 1 unspecified atom stereocenters. The van der Waals surface area contributed by atoms with E-state index in [1.807, 2.05) is 12.1 Å².